The Morgan fingerprint density at radius 2 is 2.20 bits per heavy atom. The van der Waals surface area contributed by atoms with Gasteiger partial charge in [0.2, 0.25) is 0 Å². The minimum atomic E-state index is -0.657. The number of aryl methyl sites for hydroxylation is 1. The monoisotopic (exact) mass is 312 g/mol. The van der Waals surface area contributed by atoms with Crippen LogP contribution in [0.4, 0.5) is 5.69 Å². The van der Waals surface area contributed by atoms with E-state index in [1.807, 2.05) is 0 Å². The lowest BCUT2D eigenvalue weighted by atomic mass is 10.3. The van der Waals surface area contributed by atoms with E-state index in [-0.39, 0.29) is 16.4 Å². The number of esters is 1. The first-order valence-electron chi connectivity index (χ1n) is 5.23. The number of hydrogen-bond acceptors (Lipinski definition) is 9. The number of nitrogens with zero attached hydrogens (tertiary/aromatic N) is 4. The number of rotatable bonds is 4. The van der Waals surface area contributed by atoms with Gasteiger partial charge in [-0.3, -0.25) is 10.1 Å². The Hall–Kier alpha value is -2.07. The zero-order chi connectivity index (χ0) is 14.7. The smallest absolute Gasteiger partial charge is 0.356 e. The minimum absolute atomic E-state index is 0.00170. The number of pyridine rings is 1. The Balaban J connectivity index is 2.41. The molecule has 0 saturated carbocycles. The topological polar surface area (TPSA) is 108 Å². The molecular formula is C10H8N4O4S2. The molecule has 0 amide bonds. The average molecular weight is 312 g/mol. The molecule has 2 aromatic rings. The molecular weight excluding hydrogens is 304 g/mol. The molecule has 0 aliphatic rings. The van der Waals surface area contributed by atoms with Crippen molar-refractivity contribution in [3.8, 4) is 0 Å². The molecule has 0 N–H and O–H groups in total. The highest BCUT2D eigenvalue weighted by atomic mass is 32.2. The Labute approximate surface area is 121 Å². The second-order valence-electron chi connectivity index (χ2n) is 3.46. The molecule has 0 bridgehead atoms. The third-order valence-electron chi connectivity index (χ3n) is 2.12. The summed E-state index contributed by atoms with van der Waals surface area (Å²) in [5.41, 5.74) is -0.197. The summed E-state index contributed by atoms with van der Waals surface area (Å²) in [5.74, 6) is -0.657. The number of carbonyl (C=O) groups excluding carboxylic acids is 1. The first-order valence-corrected chi connectivity index (χ1v) is 6.86. The van der Waals surface area contributed by atoms with Crippen LogP contribution >= 0.6 is 23.1 Å². The van der Waals surface area contributed by atoms with Crippen LogP contribution in [-0.2, 0) is 4.74 Å². The van der Waals surface area contributed by atoms with Crippen LogP contribution in [-0.4, -0.2) is 33.2 Å². The largest absolute Gasteiger partial charge is 0.464 e. The number of methoxy groups -OCH3 is 1. The van der Waals surface area contributed by atoms with Gasteiger partial charge in [-0.25, -0.2) is 9.78 Å². The van der Waals surface area contributed by atoms with E-state index < -0.39 is 10.9 Å². The van der Waals surface area contributed by atoms with Crippen LogP contribution in [0.1, 0.15) is 15.5 Å². The van der Waals surface area contributed by atoms with Crippen LogP contribution in [0.2, 0.25) is 0 Å². The summed E-state index contributed by atoms with van der Waals surface area (Å²) in [6.07, 6.45) is 0. The molecule has 2 heterocycles. The van der Waals surface area contributed by atoms with Crippen LogP contribution in [0.25, 0.3) is 0 Å². The summed E-state index contributed by atoms with van der Waals surface area (Å²) in [7, 11) is 1.21. The van der Waals surface area contributed by atoms with E-state index in [9.17, 15) is 14.9 Å². The zero-order valence-corrected chi connectivity index (χ0v) is 12.0. The molecule has 0 aliphatic heterocycles. The van der Waals surface area contributed by atoms with Gasteiger partial charge in [-0.15, -0.1) is 10.2 Å². The van der Waals surface area contributed by atoms with Crippen LogP contribution in [0.3, 0.4) is 0 Å². The molecule has 20 heavy (non-hydrogen) atoms. The van der Waals surface area contributed by atoms with Crippen molar-refractivity contribution < 1.29 is 14.5 Å². The van der Waals surface area contributed by atoms with Gasteiger partial charge >= 0.3 is 11.7 Å². The molecule has 2 aromatic heterocycles. The van der Waals surface area contributed by atoms with Gasteiger partial charge in [0.05, 0.1) is 12.0 Å². The van der Waals surface area contributed by atoms with Crippen LogP contribution in [0.15, 0.2) is 21.5 Å². The lowest BCUT2D eigenvalue weighted by Crippen LogP contribution is -2.06. The van der Waals surface area contributed by atoms with Gasteiger partial charge in [-0.05, 0) is 24.8 Å². The van der Waals surface area contributed by atoms with Gasteiger partial charge in [0.15, 0.2) is 9.37 Å². The average Bonchev–Trinajstić information content (AvgIpc) is 2.82. The Bertz CT molecular complexity index is 673. The van der Waals surface area contributed by atoms with Crippen LogP contribution in [0, 0.1) is 17.0 Å². The summed E-state index contributed by atoms with van der Waals surface area (Å²) in [6.45, 7) is 1.77. The Kier molecular flexibility index (Phi) is 4.25. The molecule has 0 fully saturated rings. The van der Waals surface area contributed by atoms with E-state index in [2.05, 4.69) is 19.9 Å². The Morgan fingerprint density at radius 3 is 2.75 bits per heavy atom. The number of carbonyl (C=O) groups is 1. The maximum absolute atomic E-state index is 11.4. The molecule has 0 aliphatic carbocycles. The second-order valence-corrected chi connectivity index (χ2v) is 5.88. The van der Waals surface area contributed by atoms with Crippen LogP contribution in [0.5, 0.6) is 0 Å². The fourth-order valence-electron chi connectivity index (χ4n) is 1.27. The summed E-state index contributed by atoms with van der Waals surface area (Å²) in [4.78, 5) is 25.8. The van der Waals surface area contributed by atoms with Gasteiger partial charge < -0.3 is 4.74 Å². The maximum Gasteiger partial charge on any atom is 0.356 e. The number of nitro groups is 1. The fourth-order valence-corrected chi connectivity index (χ4v) is 3.09. The van der Waals surface area contributed by atoms with Crippen molar-refractivity contribution in [1.29, 1.82) is 0 Å². The summed E-state index contributed by atoms with van der Waals surface area (Å²) in [5, 5.41) is 19.5. The number of ether oxygens (including phenoxy) is 1. The maximum atomic E-state index is 11.4. The number of aromatic nitrogens is 3. The third kappa shape index (κ3) is 3.08. The van der Waals surface area contributed by atoms with Crippen LogP contribution < -0.4 is 0 Å². The summed E-state index contributed by atoms with van der Waals surface area (Å²) < 4.78 is 5.05. The molecule has 10 heteroatoms. The van der Waals surface area contributed by atoms with E-state index in [1.54, 1.807) is 6.92 Å². The summed E-state index contributed by atoms with van der Waals surface area (Å²) >= 11 is 2.27. The van der Waals surface area contributed by atoms with E-state index >= 15 is 0 Å². The quantitative estimate of drug-likeness (QED) is 0.479. The minimum Gasteiger partial charge on any atom is -0.464 e. The number of hydrogen-bond donors (Lipinski definition) is 0. The van der Waals surface area contributed by atoms with Crippen molar-refractivity contribution in [1.82, 2.24) is 15.2 Å². The zero-order valence-electron chi connectivity index (χ0n) is 10.4. The lowest BCUT2D eigenvalue weighted by molar-refractivity contribution is -0.388. The van der Waals surface area contributed by atoms with Crippen molar-refractivity contribution in [3.05, 3.63) is 32.9 Å². The van der Waals surface area contributed by atoms with Crippen molar-refractivity contribution >= 4 is 34.8 Å². The van der Waals surface area contributed by atoms with E-state index in [1.165, 1.54) is 30.6 Å². The highest BCUT2D eigenvalue weighted by molar-refractivity contribution is 8.01. The molecule has 8 nitrogen and oxygen atoms in total. The molecule has 0 atom stereocenters. The molecule has 0 saturated heterocycles. The fraction of sp³-hybridized carbons (Fsp3) is 0.200. The molecule has 104 valence electrons. The molecule has 2 rings (SSSR count). The molecule has 0 unspecified atom stereocenters. The van der Waals surface area contributed by atoms with Crippen molar-refractivity contribution in [2.75, 3.05) is 7.11 Å². The summed E-state index contributed by atoms with van der Waals surface area (Å²) in [6, 6.07) is 2.47. The van der Waals surface area contributed by atoms with Gasteiger partial charge in [0.25, 0.3) is 0 Å². The standard InChI is InChI=1S/C10H8N4O4S2/c1-5-12-13-10(19-5)20-8-7(14(16)17)4-3-6(11-8)9(15)18-2/h3-4H,1-2H3. The molecule has 0 aromatic carbocycles. The van der Waals surface area contributed by atoms with E-state index in [4.69, 9.17) is 0 Å². The normalized spacial score (nSPS) is 10.3. The highest BCUT2D eigenvalue weighted by Gasteiger charge is 2.21. The Morgan fingerprint density at radius 1 is 1.45 bits per heavy atom. The molecule has 0 radical (unpaired) electrons. The van der Waals surface area contributed by atoms with E-state index in [0.717, 1.165) is 16.8 Å². The first-order chi connectivity index (χ1) is 9.51. The van der Waals surface area contributed by atoms with Gasteiger partial charge in [-0.1, -0.05) is 11.3 Å². The van der Waals surface area contributed by atoms with E-state index in [0.29, 0.717) is 4.34 Å². The van der Waals surface area contributed by atoms with Crippen molar-refractivity contribution in [2.45, 2.75) is 16.3 Å². The van der Waals surface area contributed by atoms with Gasteiger partial charge in [-0.2, -0.15) is 0 Å². The predicted molar refractivity (Wildman–Crippen MR) is 71.0 cm³/mol. The molecule has 0 spiro atoms. The van der Waals surface area contributed by atoms with Gasteiger partial charge in [0.1, 0.15) is 10.7 Å². The third-order valence-corrected chi connectivity index (χ3v) is 4.01. The highest BCUT2D eigenvalue weighted by Crippen LogP contribution is 2.34. The van der Waals surface area contributed by atoms with Crippen molar-refractivity contribution in [3.63, 3.8) is 0 Å². The lowest BCUT2D eigenvalue weighted by Gasteiger charge is -2.02. The van der Waals surface area contributed by atoms with Crippen molar-refractivity contribution in [2.24, 2.45) is 0 Å². The SMILES string of the molecule is COC(=O)c1ccc([N+](=O)[O-])c(Sc2nnc(C)s2)n1. The van der Waals surface area contributed by atoms with Gasteiger partial charge in [0, 0.05) is 6.07 Å². The first kappa shape index (κ1) is 14.3. The second kappa shape index (κ2) is 5.92. The predicted octanol–water partition coefficient (Wildman–Crippen LogP) is 2.09.